The highest BCUT2D eigenvalue weighted by Crippen LogP contribution is 2.25. The second-order valence-corrected chi connectivity index (χ2v) is 11.2. The lowest BCUT2D eigenvalue weighted by molar-refractivity contribution is 0.0260. The average molecular weight is 691 g/mol. The molecule has 2 aromatic carbocycles. The molecule has 0 amide bonds. The molecule has 3 heterocycles. The van der Waals surface area contributed by atoms with Crippen LogP contribution in [0.5, 0.6) is 0 Å². The Kier molecular flexibility index (Phi) is 14.1. The Morgan fingerprint density at radius 1 is 0.319 bits per heavy atom. The number of rotatable bonds is 4. The number of hydrogen-bond acceptors (Lipinski definition) is 7. The molecule has 0 unspecified atom stereocenters. The van der Waals surface area contributed by atoms with E-state index in [0.29, 0.717) is 65.7 Å². The predicted molar refractivity (Wildman–Crippen MR) is 148 cm³/mol. The third kappa shape index (κ3) is 9.77. The van der Waals surface area contributed by atoms with Gasteiger partial charge >= 0.3 is 0 Å². The number of hydrogen-bond donors (Lipinski definition) is 0. The van der Waals surface area contributed by atoms with Gasteiger partial charge in [-0.25, -0.2) is 43.9 Å². The van der Waals surface area contributed by atoms with Gasteiger partial charge in [0.1, 0.15) is 0 Å². The van der Waals surface area contributed by atoms with Crippen molar-refractivity contribution in [3.05, 3.63) is 69.3 Å². The van der Waals surface area contributed by atoms with Crippen LogP contribution in [0.15, 0.2) is 0 Å². The molecule has 0 aliphatic carbocycles. The van der Waals surface area contributed by atoms with Crippen molar-refractivity contribution in [2.45, 2.75) is 13.1 Å². The maximum Gasteiger partial charge on any atom is 0.200 e. The summed E-state index contributed by atoms with van der Waals surface area (Å²) in [6.07, 6.45) is 0. The summed E-state index contributed by atoms with van der Waals surface area (Å²) in [5.41, 5.74) is -2.00. The van der Waals surface area contributed by atoms with E-state index < -0.39 is 82.4 Å². The van der Waals surface area contributed by atoms with Crippen LogP contribution < -0.4 is 0 Å². The fraction of sp³-hybridized carbons (Fsp3) is 0.600. The second-order valence-electron chi connectivity index (χ2n) is 11.2. The summed E-state index contributed by atoms with van der Waals surface area (Å²) in [7, 11) is 0. The van der Waals surface area contributed by atoms with Crippen LogP contribution in [0.2, 0.25) is 0 Å². The van der Waals surface area contributed by atoms with Crippen LogP contribution in [-0.2, 0) is 27.3 Å². The van der Waals surface area contributed by atoms with Crippen LogP contribution in [0.4, 0.5) is 43.9 Å². The highest BCUT2D eigenvalue weighted by atomic mass is 19.2. The number of benzene rings is 2. The maximum atomic E-state index is 14.5. The van der Waals surface area contributed by atoms with Crippen molar-refractivity contribution in [3.8, 4) is 0 Å². The van der Waals surface area contributed by atoms with E-state index in [0.717, 1.165) is 0 Å². The lowest BCUT2D eigenvalue weighted by Gasteiger charge is -2.31. The van der Waals surface area contributed by atoms with Crippen molar-refractivity contribution in [2.24, 2.45) is 0 Å². The summed E-state index contributed by atoms with van der Waals surface area (Å²) in [4.78, 5) is 6.91. The maximum absolute atomic E-state index is 14.5. The van der Waals surface area contributed by atoms with Crippen LogP contribution in [0, 0.1) is 58.2 Å². The molecular weight excluding hydrogens is 654 g/mol. The summed E-state index contributed by atoms with van der Waals surface area (Å²) >= 11 is 0. The summed E-state index contributed by atoms with van der Waals surface area (Å²) < 4.78 is 158. The lowest BCUT2D eigenvalue weighted by atomic mass is 10.1. The van der Waals surface area contributed by atoms with Crippen molar-refractivity contribution in [1.29, 1.82) is 0 Å². The van der Waals surface area contributed by atoms with Gasteiger partial charge in [0.05, 0.1) is 39.6 Å². The van der Waals surface area contributed by atoms with Gasteiger partial charge in [0.15, 0.2) is 46.5 Å². The largest absolute Gasteiger partial charge is 0.379 e. The Hall–Kier alpha value is -2.54. The standard InChI is InChI=1S/C30H36F10N4O3/c31-21-19(22(32)26(36)29(39)25(21)35)17-43-3-1-41-5-11-45-13-7-42(8-14-46-12-6-41)2-4-44(10-16-47-15-9-43)18-20-23(33)27(37)30(40)28(38)24(20)34/h1-18H2. The van der Waals surface area contributed by atoms with Crippen molar-refractivity contribution in [1.82, 2.24) is 19.6 Å². The van der Waals surface area contributed by atoms with Gasteiger partial charge in [-0.15, -0.1) is 0 Å². The van der Waals surface area contributed by atoms with E-state index in [1.165, 1.54) is 9.80 Å². The Morgan fingerprint density at radius 2 is 0.574 bits per heavy atom. The lowest BCUT2D eigenvalue weighted by Crippen LogP contribution is -2.42. The van der Waals surface area contributed by atoms with Crippen molar-refractivity contribution in [3.63, 3.8) is 0 Å². The number of ether oxygens (including phenoxy) is 3. The normalized spacial score (nSPS) is 22.3. The van der Waals surface area contributed by atoms with E-state index in [-0.39, 0.29) is 39.4 Å². The molecule has 2 aromatic rings. The van der Waals surface area contributed by atoms with E-state index in [2.05, 4.69) is 0 Å². The zero-order chi connectivity index (χ0) is 34.1. The van der Waals surface area contributed by atoms with Crippen LogP contribution in [0.3, 0.4) is 0 Å². The van der Waals surface area contributed by atoms with Gasteiger partial charge in [-0.05, 0) is 0 Å². The fourth-order valence-corrected chi connectivity index (χ4v) is 5.27. The first-order valence-electron chi connectivity index (χ1n) is 15.1. The van der Waals surface area contributed by atoms with Gasteiger partial charge in [-0.1, -0.05) is 0 Å². The third-order valence-electron chi connectivity index (χ3n) is 8.14. The van der Waals surface area contributed by atoms with Crippen LogP contribution in [0.1, 0.15) is 11.1 Å². The molecule has 47 heavy (non-hydrogen) atoms. The van der Waals surface area contributed by atoms with Crippen molar-refractivity contribution >= 4 is 0 Å². The molecular formula is C30H36F10N4O3. The van der Waals surface area contributed by atoms with E-state index >= 15 is 0 Å². The van der Waals surface area contributed by atoms with Gasteiger partial charge < -0.3 is 14.2 Å². The molecule has 0 spiro atoms. The Labute approximate surface area is 265 Å². The van der Waals surface area contributed by atoms with E-state index in [1.54, 1.807) is 0 Å². The zero-order valence-electron chi connectivity index (χ0n) is 25.5. The summed E-state index contributed by atoms with van der Waals surface area (Å²) in [5, 5.41) is 0. The molecule has 3 saturated heterocycles. The Morgan fingerprint density at radius 3 is 0.872 bits per heavy atom. The van der Waals surface area contributed by atoms with Crippen molar-refractivity contribution < 1.29 is 58.1 Å². The molecule has 3 aliphatic rings. The number of nitrogens with zero attached hydrogens (tertiary/aromatic N) is 4. The molecule has 0 aromatic heterocycles. The van der Waals surface area contributed by atoms with Crippen molar-refractivity contribution in [2.75, 3.05) is 105 Å². The zero-order valence-corrected chi connectivity index (χ0v) is 25.5. The minimum Gasteiger partial charge on any atom is -0.379 e. The first kappa shape index (κ1) is 37.3. The quantitative estimate of drug-likeness (QED) is 0.208. The fourth-order valence-electron chi connectivity index (χ4n) is 5.27. The molecule has 17 heteroatoms. The van der Waals surface area contributed by atoms with Gasteiger partial charge in [0.25, 0.3) is 0 Å². The minimum atomic E-state index is -2.26. The molecule has 0 saturated carbocycles. The summed E-state index contributed by atoms with van der Waals surface area (Å²) in [6, 6.07) is 0. The van der Waals surface area contributed by atoms with E-state index in [4.69, 9.17) is 14.2 Å². The second kappa shape index (κ2) is 17.7. The average Bonchev–Trinajstić information content (AvgIpc) is 3.06. The molecule has 3 aliphatic heterocycles. The predicted octanol–water partition coefficient (Wildman–Crippen LogP) is 4.06. The van der Waals surface area contributed by atoms with Crippen LogP contribution >= 0.6 is 0 Å². The van der Waals surface area contributed by atoms with Gasteiger partial charge in [-0.2, -0.15) is 0 Å². The third-order valence-corrected chi connectivity index (χ3v) is 8.14. The molecule has 2 bridgehead atoms. The highest BCUT2D eigenvalue weighted by molar-refractivity contribution is 5.25. The van der Waals surface area contributed by atoms with E-state index in [1.807, 2.05) is 9.80 Å². The van der Waals surface area contributed by atoms with Gasteiger partial charge in [0.2, 0.25) is 11.6 Å². The molecule has 7 nitrogen and oxygen atoms in total. The Bertz CT molecular complexity index is 1190. The monoisotopic (exact) mass is 690 g/mol. The number of halogens is 10. The first-order chi connectivity index (χ1) is 22.5. The molecule has 0 atom stereocenters. The van der Waals surface area contributed by atoms with E-state index in [9.17, 15) is 43.9 Å². The molecule has 3 fully saturated rings. The summed E-state index contributed by atoms with van der Waals surface area (Å²) in [5.74, 6) is -20.5. The molecule has 0 radical (unpaired) electrons. The SMILES string of the molecule is Fc1c(F)c(F)c(CN2CCOCCN(Cc3c(F)c(F)c(F)c(F)c3F)CCN3CCOCCN(CCOCC3)CC2)c(F)c1F. The van der Waals surface area contributed by atoms with Crippen LogP contribution in [0.25, 0.3) is 0 Å². The smallest absolute Gasteiger partial charge is 0.200 e. The molecule has 5 rings (SSSR count). The van der Waals surface area contributed by atoms with Gasteiger partial charge in [-0.3, -0.25) is 19.6 Å². The van der Waals surface area contributed by atoms with Crippen LogP contribution in [-0.4, -0.2) is 125 Å². The topological polar surface area (TPSA) is 40.7 Å². The molecule has 264 valence electrons. The highest BCUT2D eigenvalue weighted by Gasteiger charge is 2.28. The minimum absolute atomic E-state index is 0.00818. The Balaban J connectivity index is 1.55. The summed E-state index contributed by atoms with van der Waals surface area (Å²) in [6.45, 7) is 2.67. The first-order valence-corrected chi connectivity index (χ1v) is 15.1. The number of fused-ring (bicyclic) bond motifs is 18. The van der Waals surface area contributed by atoms with Gasteiger partial charge in [0, 0.05) is 89.7 Å². The molecule has 0 N–H and O–H groups in total.